The lowest BCUT2D eigenvalue weighted by Crippen LogP contribution is -2.63. The van der Waals surface area contributed by atoms with Gasteiger partial charge in [-0.25, -0.2) is 13.4 Å². The molecule has 0 saturated carbocycles. The van der Waals surface area contributed by atoms with Crippen LogP contribution in [0, 0.1) is 12.3 Å². The van der Waals surface area contributed by atoms with Gasteiger partial charge in [0.1, 0.15) is 10.6 Å². The molecule has 3 aliphatic heterocycles. The molecule has 1 spiro atoms. The molecule has 29 heavy (non-hydrogen) atoms. The third kappa shape index (κ3) is 4.04. The van der Waals surface area contributed by atoms with Gasteiger partial charge in [0.25, 0.3) is 0 Å². The highest BCUT2D eigenvalue weighted by Gasteiger charge is 2.48. The lowest BCUT2D eigenvalue weighted by Gasteiger charge is -2.56. The first-order valence-corrected chi connectivity index (χ1v) is 11.4. The van der Waals surface area contributed by atoms with Crippen molar-refractivity contribution in [3.05, 3.63) is 23.5 Å². The monoisotopic (exact) mass is 433 g/mol. The van der Waals surface area contributed by atoms with Crippen LogP contribution >= 0.6 is 0 Å². The number of pyridine rings is 1. The molecule has 0 atom stereocenters. The van der Waals surface area contributed by atoms with Gasteiger partial charge in [0, 0.05) is 45.4 Å². The Bertz CT molecular complexity index is 853. The van der Waals surface area contributed by atoms with Crippen molar-refractivity contribution in [3.63, 3.8) is 0 Å². The van der Waals surface area contributed by atoms with E-state index < -0.39 is 21.9 Å². The molecule has 4 heterocycles. The van der Waals surface area contributed by atoms with E-state index in [9.17, 15) is 21.6 Å². The summed E-state index contributed by atoms with van der Waals surface area (Å²) in [4.78, 5) is 5.82. The number of aryl methyl sites for hydroxylation is 1. The topological polar surface area (TPSA) is 62.7 Å². The molecular weight excluding hydrogens is 407 g/mol. The fraction of sp³-hybridized carbons (Fsp3) is 0.737. The van der Waals surface area contributed by atoms with Crippen molar-refractivity contribution >= 4 is 10.0 Å². The Kier molecular flexibility index (Phi) is 5.42. The number of alkyl halides is 3. The maximum atomic E-state index is 13.0. The number of aromatic nitrogens is 1. The minimum atomic E-state index is -4.59. The van der Waals surface area contributed by atoms with Gasteiger partial charge in [-0.3, -0.25) is 4.90 Å². The second-order valence-electron chi connectivity index (χ2n) is 8.43. The summed E-state index contributed by atoms with van der Waals surface area (Å²) in [6.07, 6.45) is -0.934. The number of rotatable bonds is 3. The number of hydrogen-bond donors (Lipinski definition) is 0. The first-order valence-electron chi connectivity index (χ1n) is 9.98. The number of piperidine rings is 1. The number of halogens is 3. The molecule has 3 fully saturated rings. The lowest BCUT2D eigenvalue weighted by molar-refractivity contribution is -0.141. The zero-order chi connectivity index (χ0) is 20.9. The largest absolute Gasteiger partial charge is 0.433 e. The van der Waals surface area contributed by atoms with E-state index >= 15 is 0 Å². The fourth-order valence-electron chi connectivity index (χ4n) is 4.76. The van der Waals surface area contributed by atoms with Gasteiger partial charge in [0.15, 0.2) is 0 Å². The van der Waals surface area contributed by atoms with Crippen LogP contribution in [-0.4, -0.2) is 68.0 Å². The molecule has 162 valence electrons. The quantitative estimate of drug-likeness (QED) is 0.734. The van der Waals surface area contributed by atoms with Crippen molar-refractivity contribution in [2.75, 3.05) is 39.4 Å². The minimum Gasteiger partial charge on any atom is -0.381 e. The first-order chi connectivity index (χ1) is 13.6. The normalized spacial score (nSPS) is 24.6. The fourth-order valence-corrected chi connectivity index (χ4v) is 6.36. The van der Waals surface area contributed by atoms with Crippen LogP contribution < -0.4 is 0 Å². The Morgan fingerprint density at radius 3 is 2.31 bits per heavy atom. The van der Waals surface area contributed by atoms with E-state index in [4.69, 9.17) is 4.74 Å². The van der Waals surface area contributed by atoms with Crippen LogP contribution in [0.15, 0.2) is 17.0 Å². The van der Waals surface area contributed by atoms with Crippen molar-refractivity contribution in [1.82, 2.24) is 14.2 Å². The molecule has 3 aliphatic rings. The SMILES string of the molecule is Cc1nc(C(F)(F)F)ccc1S(=O)(=O)N1CCC2(CC1)CN(C1CCOCC1)C2. The van der Waals surface area contributed by atoms with Crippen LogP contribution in [0.25, 0.3) is 0 Å². The zero-order valence-corrected chi connectivity index (χ0v) is 17.2. The highest BCUT2D eigenvalue weighted by atomic mass is 32.2. The standard InChI is InChI=1S/C19H26F3N3O3S/c1-14-16(2-3-17(23-14)19(20,21)22)29(26,27)25-8-6-18(7-9-25)12-24(13-18)15-4-10-28-11-5-15/h2-3,15H,4-13H2,1H3. The average molecular weight is 433 g/mol. The molecule has 0 N–H and O–H groups in total. The molecule has 0 aromatic carbocycles. The van der Waals surface area contributed by atoms with Crippen LogP contribution in [0.5, 0.6) is 0 Å². The summed E-state index contributed by atoms with van der Waals surface area (Å²) >= 11 is 0. The van der Waals surface area contributed by atoms with E-state index in [1.165, 1.54) is 11.2 Å². The number of nitrogens with zero attached hydrogens (tertiary/aromatic N) is 3. The van der Waals surface area contributed by atoms with Crippen molar-refractivity contribution in [3.8, 4) is 0 Å². The highest BCUT2D eigenvalue weighted by molar-refractivity contribution is 7.89. The Hall–Kier alpha value is -1.23. The number of sulfonamides is 1. The molecule has 10 heteroatoms. The third-order valence-electron chi connectivity index (χ3n) is 6.51. The Morgan fingerprint density at radius 2 is 1.76 bits per heavy atom. The molecule has 4 rings (SSSR count). The van der Waals surface area contributed by atoms with Crippen molar-refractivity contribution in [2.45, 2.75) is 49.7 Å². The summed E-state index contributed by atoms with van der Waals surface area (Å²) in [5, 5.41) is 0. The van der Waals surface area contributed by atoms with E-state index in [2.05, 4.69) is 9.88 Å². The molecule has 0 aliphatic carbocycles. The van der Waals surface area contributed by atoms with Gasteiger partial charge < -0.3 is 4.74 Å². The first kappa shape index (κ1) is 21.0. The lowest BCUT2D eigenvalue weighted by atomic mass is 9.71. The average Bonchev–Trinajstić information content (AvgIpc) is 2.66. The van der Waals surface area contributed by atoms with E-state index in [-0.39, 0.29) is 16.0 Å². The second kappa shape index (κ2) is 7.47. The van der Waals surface area contributed by atoms with Gasteiger partial charge in [-0.05, 0) is 50.2 Å². The predicted molar refractivity (Wildman–Crippen MR) is 99.8 cm³/mol. The summed E-state index contributed by atoms with van der Waals surface area (Å²) < 4.78 is 71.2. The van der Waals surface area contributed by atoms with Crippen molar-refractivity contribution in [2.24, 2.45) is 5.41 Å². The Morgan fingerprint density at radius 1 is 1.14 bits per heavy atom. The molecule has 0 unspecified atom stereocenters. The summed E-state index contributed by atoms with van der Waals surface area (Å²) in [5.41, 5.74) is -1.03. The number of likely N-dealkylation sites (tertiary alicyclic amines) is 1. The summed E-state index contributed by atoms with van der Waals surface area (Å²) in [7, 11) is -3.85. The van der Waals surface area contributed by atoms with Gasteiger partial charge >= 0.3 is 6.18 Å². The van der Waals surface area contributed by atoms with Crippen LogP contribution in [-0.2, 0) is 20.9 Å². The van der Waals surface area contributed by atoms with Gasteiger partial charge in [0.2, 0.25) is 10.0 Å². The number of hydrogen-bond acceptors (Lipinski definition) is 5. The smallest absolute Gasteiger partial charge is 0.381 e. The summed E-state index contributed by atoms with van der Waals surface area (Å²) in [5.74, 6) is 0. The maximum absolute atomic E-state index is 13.0. The zero-order valence-electron chi connectivity index (χ0n) is 16.4. The van der Waals surface area contributed by atoms with Crippen LogP contribution in [0.4, 0.5) is 13.2 Å². The molecule has 6 nitrogen and oxygen atoms in total. The van der Waals surface area contributed by atoms with E-state index in [1.54, 1.807) is 0 Å². The van der Waals surface area contributed by atoms with E-state index in [0.717, 1.165) is 64.1 Å². The van der Waals surface area contributed by atoms with E-state index in [1.807, 2.05) is 0 Å². The van der Waals surface area contributed by atoms with Gasteiger partial charge in [-0.1, -0.05) is 0 Å². The third-order valence-corrected chi connectivity index (χ3v) is 8.55. The Balaban J connectivity index is 1.39. The minimum absolute atomic E-state index is 0.116. The Labute approximate surface area is 169 Å². The van der Waals surface area contributed by atoms with Crippen LogP contribution in [0.2, 0.25) is 0 Å². The number of ether oxygens (including phenoxy) is 1. The molecular formula is C19H26F3N3O3S. The molecule has 0 bridgehead atoms. The van der Waals surface area contributed by atoms with Crippen molar-refractivity contribution < 1.29 is 26.3 Å². The van der Waals surface area contributed by atoms with E-state index in [0.29, 0.717) is 19.1 Å². The molecule has 1 aromatic rings. The van der Waals surface area contributed by atoms with Crippen LogP contribution in [0.3, 0.4) is 0 Å². The van der Waals surface area contributed by atoms with Gasteiger partial charge in [0.05, 0.1) is 5.69 Å². The molecule has 0 radical (unpaired) electrons. The molecule has 0 amide bonds. The van der Waals surface area contributed by atoms with Crippen molar-refractivity contribution in [1.29, 1.82) is 0 Å². The van der Waals surface area contributed by atoms with Gasteiger partial charge in [-0.2, -0.15) is 17.5 Å². The highest BCUT2D eigenvalue weighted by Crippen LogP contribution is 2.43. The molecule has 3 saturated heterocycles. The predicted octanol–water partition coefficient (Wildman–Crippen LogP) is 2.67. The second-order valence-corrected chi connectivity index (χ2v) is 10.3. The van der Waals surface area contributed by atoms with Gasteiger partial charge in [-0.15, -0.1) is 0 Å². The van der Waals surface area contributed by atoms with Crippen LogP contribution in [0.1, 0.15) is 37.1 Å². The molecule has 1 aromatic heterocycles. The summed E-state index contributed by atoms with van der Waals surface area (Å²) in [6, 6.07) is 2.33. The maximum Gasteiger partial charge on any atom is 0.433 e. The summed E-state index contributed by atoms with van der Waals surface area (Å²) in [6.45, 7) is 5.69.